The number of hydrogen-bond donors (Lipinski definition) is 2. The average molecular weight is 359 g/mol. The van der Waals surface area contributed by atoms with Gasteiger partial charge in [0.1, 0.15) is 18.1 Å². The molecule has 7 heteroatoms. The average Bonchev–Trinajstić information content (AvgIpc) is 3.03. The van der Waals surface area contributed by atoms with Gasteiger partial charge in [0.05, 0.1) is 0 Å². The van der Waals surface area contributed by atoms with Gasteiger partial charge in [-0.1, -0.05) is 29.3 Å². The fraction of sp³-hybridized carbons (Fsp3) is 0.0588. The van der Waals surface area contributed by atoms with Crippen molar-refractivity contribution in [2.45, 2.75) is 6.04 Å². The van der Waals surface area contributed by atoms with Crippen LogP contribution in [0.15, 0.2) is 54.9 Å². The molecule has 0 aliphatic carbocycles. The predicted octanol–water partition coefficient (Wildman–Crippen LogP) is 4.35. The maximum atomic E-state index is 9.48. The summed E-state index contributed by atoms with van der Waals surface area (Å²) in [7, 11) is 0. The van der Waals surface area contributed by atoms with Crippen LogP contribution in [0.4, 0.5) is 5.95 Å². The van der Waals surface area contributed by atoms with Crippen LogP contribution >= 0.6 is 23.2 Å². The van der Waals surface area contributed by atoms with E-state index in [1.807, 2.05) is 24.3 Å². The first kappa shape index (κ1) is 15.1. The molecule has 2 heterocycles. The molecule has 120 valence electrons. The number of anilines is 1. The molecule has 1 aliphatic heterocycles. The van der Waals surface area contributed by atoms with E-state index in [4.69, 9.17) is 23.2 Å². The number of nitrogens with one attached hydrogen (secondary N) is 1. The van der Waals surface area contributed by atoms with Crippen LogP contribution in [0.5, 0.6) is 5.75 Å². The van der Waals surface area contributed by atoms with Gasteiger partial charge in [-0.3, -0.25) is 0 Å². The molecule has 4 rings (SSSR count). The van der Waals surface area contributed by atoms with E-state index in [0.717, 1.165) is 16.8 Å². The van der Waals surface area contributed by atoms with Crippen LogP contribution in [0.1, 0.15) is 17.2 Å². The summed E-state index contributed by atoms with van der Waals surface area (Å²) in [6.07, 6.45) is 3.51. The Kier molecular flexibility index (Phi) is 3.67. The van der Waals surface area contributed by atoms with Gasteiger partial charge >= 0.3 is 0 Å². The molecule has 0 radical (unpaired) electrons. The van der Waals surface area contributed by atoms with E-state index in [0.29, 0.717) is 16.0 Å². The van der Waals surface area contributed by atoms with Crippen molar-refractivity contribution in [1.29, 1.82) is 0 Å². The normalized spacial score (nSPS) is 16.2. The minimum atomic E-state index is -0.211. The van der Waals surface area contributed by atoms with Crippen molar-refractivity contribution in [3.63, 3.8) is 0 Å². The SMILES string of the molecule is Oc1ccc(C2=CC(c3ccc(Cl)cc3Cl)n3ncnc3N2)cc1. The van der Waals surface area contributed by atoms with Crippen molar-refractivity contribution < 1.29 is 5.11 Å². The summed E-state index contributed by atoms with van der Waals surface area (Å²) in [5.41, 5.74) is 2.68. The maximum absolute atomic E-state index is 9.48. The lowest BCUT2D eigenvalue weighted by atomic mass is 10.0. The van der Waals surface area contributed by atoms with E-state index in [-0.39, 0.29) is 11.8 Å². The molecule has 0 saturated heterocycles. The van der Waals surface area contributed by atoms with Crippen LogP contribution in [0.2, 0.25) is 10.0 Å². The number of aromatic hydroxyl groups is 1. The van der Waals surface area contributed by atoms with Crippen molar-refractivity contribution >= 4 is 34.8 Å². The van der Waals surface area contributed by atoms with E-state index in [1.165, 1.54) is 6.33 Å². The smallest absolute Gasteiger partial charge is 0.226 e. The van der Waals surface area contributed by atoms with Gasteiger partial charge in [-0.05, 0) is 53.6 Å². The number of phenolic OH excluding ortho intramolecular Hbond substituents is 1. The van der Waals surface area contributed by atoms with E-state index in [9.17, 15) is 5.11 Å². The summed E-state index contributed by atoms with van der Waals surface area (Å²) in [6, 6.07) is 12.1. The summed E-state index contributed by atoms with van der Waals surface area (Å²) in [5.74, 6) is 0.840. The zero-order chi connectivity index (χ0) is 16.7. The zero-order valence-corrected chi connectivity index (χ0v) is 13.8. The second kappa shape index (κ2) is 5.85. The molecule has 5 nitrogen and oxygen atoms in total. The van der Waals surface area contributed by atoms with Gasteiger partial charge in [0, 0.05) is 15.7 Å². The minimum absolute atomic E-state index is 0.211. The number of nitrogens with zero attached hydrogens (tertiary/aromatic N) is 3. The van der Waals surface area contributed by atoms with E-state index >= 15 is 0 Å². The Balaban J connectivity index is 1.83. The summed E-state index contributed by atoms with van der Waals surface area (Å²) < 4.78 is 1.76. The number of fused-ring (bicyclic) bond motifs is 1. The van der Waals surface area contributed by atoms with Crippen LogP contribution in [0.3, 0.4) is 0 Å². The fourth-order valence-corrected chi connectivity index (χ4v) is 3.23. The van der Waals surface area contributed by atoms with E-state index < -0.39 is 0 Å². The van der Waals surface area contributed by atoms with Gasteiger partial charge < -0.3 is 10.4 Å². The second-order valence-electron chi connectivity index (χ2n) is 5.39. The third-order valence-corrected chi connectivity index (χ3v) is 4.43. The Morgan fingerprint density at radius 3 is 2.62 bits per heavy atom. The largest absolute Gasteiger partial charge is 0.508 e. The molecule has 1 atom stereocenters. The van der Waals surface area contributed by atoms with Gasteiger partial charge in [0.25, 0.3) is 0 Å². The predicted molar refractivity (Wildman–Crippen MR) is 94.3 cm³/mol. The molecule has 2 N–H and O–H groups in total. The summed E-state index contributed by atoms with van der Waals surface area (Å²) in [6.45, 7) is 0. The van der Waals surface area contributed by atoms with E-state index in [2.05, 4.69) is 15.4 Å². The summed E-state index contributed by atoms with van der Waals surface area (Å²) >= 11 is 12.4. The van der Waals surface area contributed by atoms with Crippen molar-refractivity contribution in [3.05, 3.63) is 76.0 Å². The highest BCUT2D eigenvalue weighted by Gasteiger charge is 2.25. The Morgan fingerprint density at radius 2 is 1.88 bits per heavy atom. The molecule has 0 saturated carbocycles. The van der Waals surface area contributed by atoms with Crippen molar-refractivity contribution in [2.75, 3.05) is 5.32 Å². The molecule has 0 bridgehead atoms. The molecule has 3 aromatic rings. The van der Waals surface area contributed by atoms with Gasteiger partial charge in [-0.25, -0.2) is 4.68 Å². The second-order valence-corrected chi connectivity index (χ2v) is 6.23. The summed E-state index contributed by atoms with van der Waals surface area (Å²) in [4.78, 5) is 4.25. The zero-order valence-electron chi connectivity index (χ0n) is 12.3. The first-order chi connectivity index (χ1) is 11.6. The molecule has 1 aliphatic rings. The van der Waals surface area contributed by atoms with Crippen LogP contribution < -0.4 is 5.32 Å². The van der Waals surface area contributed by atoms with Crippen molar-refractivity contribution in [1.82, 2.24) is 14.8 Å². The lowest BCUT2D eigenvalue weighted by Crippen LogP contribution is -2.20. The maximum Gasteiger partial charge on any atom is 0.226 e. The van der Waals surface area contributed by atoms with Crippen molar-refractivity contribution in [2.24, 2.45) is 0 Å². The Labute approximate surface area is 148 Å². The molecular weight excluding hydrogens is 347 g/mol. The molecule has 1 unspecified atom stereocenters. The molecule has 1 aromatic heterocycles. The molecule has 0 spiro atoms. The molecular formula is C17H12Cl2N4O. The van der Waals surface area contributed by atoms with Crippen LogP contribution in [-0.4, -0.2) is 19.9 Å². The van der Waals surface area contributed by atoms with Gasteiger partial charge in [-0.15, -0.1) is 0 Å². The first-order valence-electron chi connectivity index (χ1n) is 7.24. The third-order valence-electron chi connectivity index (χ3n) is 3.87. The molecule has 2 aromatic carbocycles. The molecule has 0 fully saturated rings. The number of allylic oxidation sites excluding steroid dienone is 1. The van der Waals surface area contributed by atoms with E-state index in [1.54, 1.807) is 28.9 Å². The number of phenols is 1. The first-order valence-corrected chi connectivity index (χ1v) is 8.00. The van der Waals surface area contributed by atoms with Crippen LogP contribution in [0.25, 0.3) is 5.70 Å². The number of hydrogen-bond acceptors (Lipinski definition) is 4. The standard InChI is InChI=1S/C17H12Cl2N4O/c18-11-3-6-13(14(19)7-11)16-8-15(10-1-4-12(24)5-2-10)22-17-20-9-21-23(16)17/h1-9,16,24H,(H,20,21,22). The minimum Gasteiger partial charge on any atom is -0.508 e. The topological polar surface area (TPSA) is 63.0 Å². The highest BCUT2D eigenvalue weighted by atomic mass is 35.5. The lowest BCUT2D eigenvalue weighted by Gasteiger charge is -2.25. The highest BCUT2D eigenvalue weighted by Crippen LogP contribution is 2.36. The Morgan fingerprint density at radius 1 is 1.08 bits per heavy atom. The number of benzene rings is 2. The monoisotopic (exact) mass is 358 g/mol. The fourth-order valence-electron chi connectivity index (χ4n) is 2.71. The Bertz CT molecular complexity index is 934. The highest BCUT2D eigenvalue weighted by molar-refractivity contribution is 6.35. The number of aromatic nitrogens is 3. The van der Waals surface area contributed by atoms with Gasteiger partial charge in [0.15, 0.2) is 0 Å². The third kappa shape index (κ3) is 2.62. The lowest BCUT2D eigenvalue weighted by molar-refractivity contribution is 0.475. The molecule has 24 heavy (non-hydrogen) atoms. The summed E-state index contributed by atoms with van der Waals surface area (Å²) in [5, 5.41) is 18.2. The Hall–Kier alpha value is -2.50. The van der Waals surface area contributed by atoms with Crippen molar-refractivity contribution in [3.8, 4) is 5.75 Å². The molecule has 0 amide bonds. The quantitative estimate of drug-likeness (QED) is 0.714. The van der Waals surface area contributed by atoms with Gasteiger partial charge in [-0.2, -0.15) is 10.1 Å². The van der Waals surface area contributed by atoms with Crippen LogP contribution in [0, 0.1) is 0 Å². The number of rotatable bonds is 2. The van der Waals surface area contributed by atoms with Crippen LogP contribution in [-0.2, 0) is 0 Å². The van der Waals surface area contributed by atoms with Gasteiger partial charge in [0.2, 0.25) is 5.95 Å². The number of halogens is 2.